The van der Waals surface area contributed by atoms with Gasteiger partial charge in [-0.05, 0) is 74.2 Å². The number of carbonyl (C=O) groups is 1. The predicted molar refractivity (Wildman–Crippen MR) is 144 cm³/mol. The van der Waals surface area contributed by atoms with Gasteiger partial charge in [-0.25, -0.2) is 13.8 Å². The molecular weight excluding hydrogens is 504 g/mol. The molecule has 2 fully saturated rings. The second-order valence-corrected chi connectivity index (χ2v) is 11.0. The Kier molecular flexibility index (Phi) is 9.10. The molecule has 0 aliphatic carbocycles. The molecule has 2 aromatic rings. The number of carboxylic acids is 1. The van der Waals surface area contributed by atoms with E-state index in [4.69, 9.17) is 9.47 Å². The number of benzene rings is 1. The van der Waals surface area contributed by atoms with E-state index in [-0.39, 0.29) is 32.1 Å². The number of rotatable bonds is 12. The first-order valence-corrected chi connectivity index (χ1v) is 14.3. The van der Waals surface area contributed by atoms with Gasteiger partial charge in [-0.1, -0.05) is 30.3 Å². The Morgan fingerprint density at radius 2 is 2.10 bits per heavy atom. The first-order chi connectivity index (χ1) is 18.9. The van der Waals surface area contributed by atoms with Crippen molar-refractivity contribution in [2.45, 2.75) is 76.0 Å². The van der Waals surface area contributed by atoms with Crippen LogP contribution in [0.1, 0.15) is 67.0 Å². The lowest BCUT2D eigenvalue weighted by atomic mass is 9.94. The number of alkyl halides is 2. The number of halogens is 2. The molecule has 0 bridgehead atoms. The Hall–Kier alpha value is -2.62. The van der Waals surface area contributed by atoms with E-state index in [0.717, 1.165) is 42.9 Å². The number of aliphatic carboxylic acids is 1. The molecule has 3 aliphatic heterocycles. The molecule has 7 nitrogen and oxygen atoms in total. The molecule has 1 aromatic carbocycles. The molecule has 0 saturated carbocycles. The van der Waals surface area contributed by atoms with E-state index in [1.54, 1.807) is 17.0 Å². The van der Waals surface area contributed by atoms with Crippen molar-refractivity contribution >= 4 is 11.8 Å². The van der Waals surface area contributed by atoms with Gasteiger partial charge in [-0.15, -0.1) is 0 Å². The summed E-state index contributed by atoms with van der Waals surface area (Å²) in [6.07, 6.45) is 4.76. The number of anilines is 1. The number of aryl methyl sites for hydroxylation is 2. The van der Waals surface area contributed by atoms with Crippen molar-refractivity contribution in [2.24, 2.45) is 5.92 Å². The van der Waals surface area contributed by atoms with Crippen LogP contribution in [0.3, 0.4) is 0 Å². The number of carboxylic acid groups (broad SMARTS) is 1. The van der Waals surface area contributed by atoms with E-state index in [9.17, 15) is 9.90 Å². The van der Waals surface area contributed by atoms with Gasteiger partial charge in [0.15, 0.2) is 0 Å². The summed E-state index contributed by atoms with van der Waals surface area (Å²) in [6, 6.07) is 10.4. The van der Waals surface area contributed by atoms with Gasteiger partial charge < -0.3 is 19.9 Å². The molecule has 0 radical (unpaired) electrons. The van der Waals surface area contributed by atoms with Gasteiger partial charge in [0.25, 0.3) is 5.92 Å². The minimum Gasteiger partial charge on any atom is -0.480 e. The van der Waals surface area contributed by atoms with Crippen molar-refractivity contribution in [3.63, 3.8) is 0 Å². The highest BCUT2D eigenvalue weighted by atomic mass is 19.3. The van der Waals surface area contributed by atoms with Gasteiger partial charge in [0.05, 0.1) is 19.3 Å². The number of unbranched alkanes of at least 4 members (excludes halogenated alkanes) is 1. The number of nitrogens with zero attached hydrogens (tertiary/aromatic N) is 2. The zero-order valence-electron chi connectivity index (χ0n) is 22.4. The van der Waals surface area contributed by atoms with E-state index in [0.29, 0.717) is 44.6 Å². The quantitative estimate of drug-likeness (QED) is 0.354. The average Bonchev–Trinajstić information content (AvgIpc) is 3.64. The van der Waals surface area contributed by atoms with E-state index in [2.05, 4.69) is 16.4 Å². The maximum atomic E-state index is 15.3. The van der Waals surface area contributed by atoms with Crippen LogP contribution in [0.2, 0.25) is 0 Å². The van der Waals surface area contributed by atoms with Gasteiger partial charge in [0, 0.05) is 37.7 Å². The molecule has 212 valence electrons. The Labute approximate surface area is 228 Å². The van der Waals surface area contributed by atoms with Crippen LogP contribution in [0.5, 0.6) is 0 Å². The molecule has 39 heavy (non-hydrogen) atoms. The van der Waals surface area contributed by atoms with E-state index >= 15 is 8.78 Å². The van der Waals surface area contributed by atoms with Crippen molar-refractivity contribution in [3.8, 4) is 0 Å². The zero-order valence-corrected chi connectivity index (χ0v) is 22.4. The van der Waals surface area contributed by atoms with E-state index < -0.39 is 23.9 Å². The standard InChI is InChI=1S/C30H39F2N3O4/c31-30(32,14-4-3-8-24-11-10-21-7-5-15-33-28(21)34-24)23-12-16-35(18-23)27(29(36)37)26-9-2-1-6-22(26)19-39-25-13-17-38-20-25/h1-2,6,9-11,23,25,27H,3-5,7-8,12-20H2,(H,33,34)(H,36,37)/t23-,25+,27+/m1/s1. The predicted octanol–water partition coefficient (Wildman–Crippen LogP) is 5.24. The number of fused-ring (bicyclic) bond motifs is 1. The van der Waals surface area contributed by atoms with Crippen LogP contribution in [-0.2, 0) is 33.7 Å². The zero-order chi connectivity index (χ0) is 27.2. The normalized spacial score (nSPS) is 22.4. The number of hydrogen-bond donors (Lipinski definition) is 2. The van der Waals surface area contributed by atoms with E-state index in [1.165, 1.54) is 5.56 Å². The SMILES string of the molecule is O=C(O)[C@H](c1ccccc1CO[C@H]1CCOC1)N1CC[C@@H](C(F)(F)CCCCc2ccc3c(n2)NCCC3)C1. The van der Waals surface area contributed by atoms with Crippen molar-refractivity contribution in [1.82, 2.24) is 9.88 Å². The molecule has 0 amide bonds. The monoisotopic (exact) mass is 543 g/mol. The van der Waals surface area contributed by atoms with Crippen molar-refractivity contribution in [1.29, 1.82) is 0 Å². The Bertz CT molecular complexity index is 1130. The van der Waals surface area contributed by atoms with Gasteiger partial charge in [-0.2, -0.15) is 0 Å². The summed E-state index contributed by atoms with van der Waals surface area (Å²) in [6.45, 7) is 2.79. The molecule has 3 atom stereocenters. The van der Waals surface area contributed by atoms with Crippen LogP contribution in [0, 0.1) is 5.92 Å². The Balaban J connectivity index is 1.15. The van der Waals surface area contributed by atoms with Gasteiger partial charge in [0.2, 0.25) is 0 Å². The average molecular weight is 544 g/mol. The lowest BCUT2D eigenvalue weighted by Gasteiger charge is -2.28. The summed E-state index contributed by atoms with van der Waals surface area (Å²) >= 11 is 0. The number of ether oxygens (including phenoxy) is 2. The minimum atomic E-state index is -2.84. The number of aromatic nitrogens is 1. The van der Waals surface area contributed by atoms with Crippen LogP contribution in [0.15, 0.2) is 36.4 Å². The lowest BCUT2D eigenvalue weighted by Crippen LogP contribution is -2.36. The first-order valence-electron chi connectivity index (χ1n) is 14.3. The maximum Gasteiger partial charge on any atom is 0.325 e. The topological polar surface area (TPSA) is 83.9 Å². The maximum absolute atomic E-state index is 15.3. The fraction of sp³-hybridized carbons (Fsp3) is 0.600. The third kappa shape index (κ3) is 6.94. The first kappa shape index (κ1) is 27.9. The Morgan fingerprint density at radius 1 is 1.23 bits per heavy atom. The smallest absolute Gasteiger partial charge is 0.325 e. The highest BCUT2D eigenvalue weighted by molar-refractivity contribution is 5.76. The summed E-state index contributed by atoms with van der Waals surface area (Å²) in [5.41, 5.74) is 3.55. The van der Waals surface area contributed by atoms with Gasteiger partial charge in [0.1, 0.15) is 11.9 Å². The number of nitrogens with one attached hydrogen (secondary N) is 1. The molecule has 1 aromatic heterocycles. The second-order valence-electron chi connectivity index (χ2n) is 11.0. The molecule has 0 spiro atoms. The van der Waals surface area contributed by atoms with Crippen LogP contribution in [-0.4, -0.2) is 65.8 Å². The third-order valence-corrected chi connectivity index (χ3v) is 8.27. The fourth-order valence-corrected chi connectivity index (χ4v) is 6.02. The van der Waals surface area contributed by atoms with Gasteiger partial charge in [-0.3, -0.25) is 9.69 Å². The number of likely N-dealkylation sites (tertiary alicyclic amines) is 1. The summed E-state index contributed by atoms with van der Waals surface area (Å²) < 4.78 is 41.8. The van der Waals surface area contributed by atoms with Crippen molar-refractivity contribution in [2.75, 3.05) is 38.2 Å². The largest absolute Gasteiger partial charge is 0.480 e. The molecule has 2 N–H and O–H groups in total. The van der Waals surface area contributed by atoms with Crippen molar-refractivity contribution < 1.29 is 28.2 Å². The van der Waals surface area contributed by atoms with E-state index in [1.807, 2.05) is 18.2 Å². The molecule has 0 unspecified atom stereocenters. The minimum absolute atomic E-state index is 0.00381. The van der Waals surface area contributed by atoms with Crippen LogP contribution in [0.4, 0.5) is 14.6 Å². The molecule has 4 heterocycles. The Morgan fingerprint density at radius 3 is 2.92 bits per heavy atom. The molecular formula is C30H39F2N3O4. The third-order valence-electron chi connectivity index (χ3n) is 8.27. The van der Waals surface area contributed by atoms with Gasteiger partial charge >= 0.3 is 5.97 Å². The summed E-state index contributed by atoms with van der Waals surface area (Å²) in [5, 5.41) is 13.5. The second kappa shape index (κ2) is 12.7. The van der Waals surface area contributed by atoms with Crippen LogP contribution in [0.25, 0.3) is 0 Å². The summed E-state index contributed by atoms with van der Waals surface area (Å²) in [7, 11) is 0. The fourth-order valence-electron chi connectivity index (χ4n) is 6.02. The van der Waals surface area contributed by atoms with Crippen LogP contribution >= 0.6 is 0 Å². The van der Waals surface area contributed by atoms with Crippen LogP contribution < -0.4 is 5.32 Å². The molecule has 3 aliphatic rings. The highest BCUT2D eigenvalue weighted by Crippen LogP contribution is 2.40. The molecule has 2 saturated heterocycles. The molecule has 5 rings (SSSR count). The lowest BCUT2D eigenvalue weighted by molar-refractivity contribution is -0.143. The molecule has 9 heteroatoms. The van der Waals surface area contributed by atoms with Crippen molar-refractivity contribution in [3.05, 3.63) is 58.8 Å². The number of hydrogen-bond acceptors (Lipinski definition) is 6. The summed E-state index contributed by atoms with van der Waals surface area (Å²) in [5.74, 6) is -3.79. The highest BCUT2D eigenvalue weighted by Gasteiger charge is 2.45. The summed E-state index contributed by atoms with van der Waals surface area (Å²) in [4.78, 5) is 18.8. The number of pyridine rings is 1.